The zero-order valence-corrected chi connectivity index (χ0v) is 24.3. The molecule has 0 heterocycles. The Labute approximate surface area is 190 Å². The lowest BCUT2D eigenvalue weighted by Crippen LogP contribution is -2.17. The highest BCUT2D eigenvalue weighted by atomic mass is 15.1. The predicted octanol–water partition coefficient (Wildman–Crippen LogP) is 8.57. The third-order valence-corrected chi connectivity index (χ3v) is 2.75. The van der Waals surface area contributed by atoms with Gasteiger partial charge in [-0.25, -0.2) is 0 Å². The van der Waals surface area contributed by atoms with Crippen molar-refractivity contribution in [1.82, 2.24) is 9.80 Å². The summed E-state index contributed by atoms with van der Waals surface area (Å²) in [6.45, 7) is 31.1. The van der Waals surface area contributed by atoms with Gasteiger partial charge >= 0.3 is 0 Å². The summed E-state index contributed by atoms with van der Waals surface area (Å²) in [5, 5.41) is 0. The van der Waals surface area contributed by atoms with E-state index in [-0.39, 0.29) is 0 Å². The monoisotopic (exact) mass is 419 g/mol. The first-order valence-electron chi connectivity index (χ1n) is 12.3. The molecule has 2 nitrogen and oxygen atoms in total. The molecule has 0 unspecified atom stereocenters. The van der Waals surface area contributed by atoms with Gasteiger partial charge in [0.25, 0.3) is 0 Å². The summed E-state index contributed by atoms with van der Waals surface area (Å²) in [5.74, 6) is 4.21. The summed E-state index contributed by atoms with van der Waals surface area (Å²) in [7, 11) is 8.42. The van der Waals surface area contributed by atoms with Crippen LogP contribution in [0.3, 0.4) is 0 Å². The molecule has 0 aromatic heterocycles. The van der Waals surface area contributed by atoms with E-state index >= 15 is 0 Å². The van der Waals surface area contributed by atoms with E-state index in [1.165, 1.54) is 32.4 Å². The molecule has 0 radical (unpaired) electrons. The molecule has 0 aliphatic carbocycles. The van der Waals surface area contributed by atoms with E-state index in [4.69, 9.17) is 0 Å². The number of nitrogens with zero attached hydrogens (tertiary/aromatic N) is 2. The molecule has 0 aliphatic rings. The fourth-order valence-corrected chi connectivity index (χ4v) is 1.82. The molecular formula is C27H66N2. The molecule has 0 aromatic carbocycles. The Morgan fingerprint density at radius 3 is 0.828 bits per heavy atom. The van der Waals surface area contributed by atoms with Gasteiger partial charge in [-0.05, 0) is 77.3 Å². The maximum atomic E-state index is 2.25. The van der Waals surface area contributed by atoms with Crippen LogP contribution in [-0.4, -0.2) is 51.1 Å². The van der Waals surface area contributed by atoms with Gasteiger partial charge in [0.1, 0.15) is 0 Å². The van der Waals surface area contributed by atoms with Crippen molar-refractivity contribution in [3.63, 3.8) is 0 Å². The van der Waals surface area contributed by atoms with E-state index in [9.17, 15) is 0 Å². The van der Waals surface area contributed by atoms with Gasteiger partial charge in [-0.3, -0.25) is 0 Å². The molecule has 0 saturated carbocycles. The first-order valence-corrected chi connectivity index (χ1v) is 12.3. The van der Waals surface area contributed by atoms with Crippen LogP contribution in [0.5, 0.6) is 0 Å². The highest BCUT2D eigenvalue weighted by molar-refractivity contribution is 4.47. The lowest BCUT2D eigenvalue weighted by atomic mass is 10.1. The minimum atomic E-state index is 0.801. The quantitative estimate of drug-likeness (QED) is 0.408. The molecule has 0 aromatic rings. The van der Waals surface area contributed by atoms with Gasteiger partial charge in [-0.1, -0.05) is 103 Å². The molecule has 0 N–H and O–H groups in total. The fraction of sp³-hybridized carbons (Fsp3) is 1.00. The van der Waals surface area contributed by atoms with Crippen LogP contribution in [0.25, 0.3) is 0 Å². The van der Waals surface area contributed by atoms with Gasteiger partial charge in [-0.2, -0.15) is 0 Å². The maximum Gasteiger partial charge on any atom is -0.000172 e. The summed E-state index contributed by atoms with van der Waals surface area (Å²) in [6, 6.07) is 0. The van der Waals surface area contributed by atoms with E-state index in [1.807, 2.05) is 0 Å². The van der Waals surface area contributed by atoms with Crippen LogP contribution in [0.15, 0.2) is 0 Å². The van der Waals surface area contributed by atoms with Gasteiger partial charge in [-0.15, -0.1) is 0 Å². The van der Waals surface area contributed by atoms with Crippen LogP contribution in [0, 0.1) is 29.6 Å². The summed E-state index contributed by atoms with van der Waals surface area (Å²) >= 11 is 0. The molecular weight excluding hydrogens is 352 g/mol. The third kappa shape index (κ3) is 132. The van der Waals surface area contributed by atoms with Crippen LogP contribution >= 0.6 is 0 Å². The highest BCUT2D eigenvalue weighted by Gasteiger charge is 1.93. The molecule has 29 heavy (non-hydrogen) atoms. The van der Waals surface area contributed by atoms with E-state index < -0.39 is 0 Å². The fourth-order valence-electron chi connectivity index (χ4n) is 1.82. The molecule has 0 saturated heterocycles. The van der Waals surface area contributed by atoms with Gasteiger partial charge in [0, 0.05) is 0 Å². The Hall–Kier alpha value is -0.0800. The molecule has 0 atom stereocenters. The first-order chi connectivity index (χ1) is 13.0. The van der Waals surface area contributed by atoms with Crippen molar-refractivity contribution in [2.24, 2.45) is 29.6 Å². The lowest BCUT2D eigenvalue weighted by molar-refractivity contribution is 0.354. The minimum Gasteiger partial charge on any atom is -0.309 e. The normalized spacial score (nSPS) is 10.3. The van der Waals surface area contributed by atoms with E-state index in [2.05, 4.69) is 128 Å². The Balaban J connectivity index is -0.0000000851. The average molecular weight is 419 g/mol. The standard InChI is InChI=1S/C7H17N.C6H15N.C6H14.2C4H10/c1-7(2)5-6-8(3)4;1-6(2)5-7(3)4;1-4-5-6(2)3;2*1-4(2)3/h7H,5-6H2,1-4H3;6H,5H2,1-4H3;6H,4-5H2,1-3H3;2*4H,1-3H3. The predicted molar refractivity (Wildman–Crippen MR) is 142 cm³/mol. The second kappa shape index (κ2) is 30.1. The third-order valence-electron chi connectivity index (χ3n) is 2.75. The summed E-state index contributed by atoms with van der Waals surface area (Å²) in [4.78, 5) is 4.42. The van der Waals surface area contributed by atoms with Crippen molar-refractivity contribution in [1.29, 1.82) is 0 Å². The molecule has 0 bridgehead atoms. The molecule has 0 fully saturated rings. The molecule has 0 amide bonds. The van der Waals surface area contributed by atoms with E-state index in [1.54, 1.807) is 0 Å². The molecule has 184 valence electrons. The number of hydrogen-bond donors (Lipinski definition) is 0. The largest absolute Gasteiger partial charge is 0.309 e. The van der Waals surface area contributed by atoms with E-state index in [0.29, 0.717) is 0 Å². The van der Waals surface area contributed by atoms with Crippen LogP contribution in [-0.2, 0) is 0 Å². The minimum absolute atomic E-state index is 0.801. The molecule has 0 spiro atoms. The average Bonchev–Trinajstić information content (AvgIpc) is 2.43. The highest BCUT2D eigenvalue weighted by Crippen LogP contribution is 2.00. The van der Waals surface area contributed by atoms with Crippen LogP contribution in [0.4, 0.5) is 0 Å². The summed E-state index contributed by atoms with van der Waals surface area (Å²) in [5.41, 5.74) is 0. The number of hydrogen-bond acceptors (Lipinski definition) is 2. The van der Waals surface area contributed by atoms with Crippen LogP contribution < -0.4 is 0 Å². The van der Waals surface area contributed by atoms with Gasteiger partial charge < -0.3 is 9.80 Å². The van der Waals surface area contributed by atoms with Gasteiger partial charge in [0.15, 0.2) is 0 Å². The lowest BCUT2D eigenvalue weighted by Gasteiger charge is -2.10. The van der Waals surface area contributed by atoms with Crippen molar-refractivity contribution in [2.45, 2.75) is 109 Å². The van der Waals surface area contributed by atoms with Crippen molar-refractivity contribution < 1.29 is 0 Å². The Kier molecular flexibility index (Phi) is 40.9. The van der Waals surface area contributed by atoms with Crippen molar-refractivity contribution >= 4 is 0 Å². The second-order valence-electron chi connectivity index (χ2n) is 11.3. The summed E-state index contributed by atoms with van der Waals surface area (Å²) < 4.78 is 0. The zero-order chi connectivity index (χ0) is 24.6. The summed E-state index contributed by atoms with van der Waals surface area (Å²) in [6.07, 6.45) is 4.02. The molecule has 2 heteroatoms. The first kappa shape index (κ1) is 39.4. The Morgan fingerprint density at radius 2 is 0.793 bits per heavy atom. The number of rotatable bonds is 7. The molecule has 0 aliphatic heterocycles. The maximum absolute atomic E-state index is 2.25. The van der Waals surface area contributed by atoms with Gasteiger partial charge in [0.05, 0.1) is 0 Å². The Bertz CT molecular complexity index is 215. The van der Waals surface area contributed by atoms with Crippen molar-refractivity contribution in [3.8, 4) is 0 Å². The topological polar surface area (TPSA) is 6.48 Å². The van der Waals surface area contributed by atoms with Crippen molar-refractivity contribution in [3.05, 3.63) is 0 Å². The van der Waals surface area contributed by atoms with Crippen LogP contribution in [0.1, 0.15) is 109 Å². The van der Waals surface area contributed by atoms with Crippen molar-refractivity contribution in [2.75, 3.05) is 41.3 Å². The van der Waals surface area contributed by atoms with E-state index in [0.717, 1.165) is 29.6 Å². The Morgan fingerprint density at radius 1 is 0.483 bits per heavy atom. The smallest absolute Gasteiger partial charge is 0.000172 e. The van der Waals surface area contributed by atoms with Crippen LogP contribution in [0.2, 0.25) is 0 Å². The zero-order valence-electron chi connectivity index (χ0n) is 24.3. The SMILES string of the molecule is CC(C)C.CC(C)C.CC(C)CCN(C)C.CC(C)CN(C)C.CCCC(C)C. The second-order valence-corrected chi connectivity index (χ2v) is 11.3. The van der Waals surface area contributed by atoms with Gasteiger partial charge in [0.2, 0.25) is 0 Å². The molecule has 0 rings (SSSR count).